The highest BCUT2D eigenvalue weighted by atomic mass is 16.5. The molecule has 0 saturated carbocycles. The SMILES string of the molecule is NC(=O)CN1C(=O)CN2Cc3cc(OCCCCO)ccc3N=C21. The molecular formula is C16H20N4O4. The number of primary amides is 1. The highest BCUT2D eigenvalue weighted by molar-refractivity contribution is 6.07. The molecule has 0 aliphatic carbocycles. The number of unbranched alkanes of at least 4 members (excludes halogenated alkanes) is 1. The number of fused-ring (bicyclic) bond motifs is 2. The number of carbonyl (C=O) groups excluding carboxylic acids is 2. The van der Waals surface area contributed by atoms with E-state index in [1.54, 1.807) is 0 Å². The second-order valence-electron chi connectivity index (χ2n) is 5.78. The fraction of sp³-hybridized carbons (Fsp3) is 0.438. The molecule has 0 aromatic heterocycles. The van der Waals surface area contributed by atoms with Gasteiger partial charge in [0, 0.05) is 18.7 Å². The summed E-state index contributed by atoms with van der Waals surface area (Å²) in [4.78, 5) is 30.8. The zero-order valence-corrected chi connectivity index (χ0v) is 13.3. The van der Waals surface area contributed by atoms with Gasteiger partial charge in [-0.15, -0.1) is 0 Å². The first-order valence-corrected chi connectivity index (χ1v) is 7.87. The number of carbonyl (C=O) groups is 2. The van der Waals surface area contributed by atoms with Gasteiger partial charge in [-0.1, -0.05) is 0 Å². The number of hydrogen-bond donors (Lipinski definition) is 2. The Bertz CT molecular complexity index is 689. The summed E-state index contributed by atoms with van der Waals surface area (Å²) in [7, 11) is 0. The van der Waals surface area contributed by atoms with Gasteiger partial charge in [0.2, 0.25) is 17.8 Å². The van der Waals surface area contributed by atoms with Crippen LogP contribution >= 0.6 is 0 Å². The van der Waals surface area contributed by atoms with Crippen LogP contribution in [0.1, 0.15) is 18.4 Å². The first-order valence-electron chi connectivity index (χ1n) is 7.87. The summed E-state index contributed by atoms with van der Waals surface area (Å²) >= 11 is 0. The maximum absolute atomic E-state index is 12.0. The van der Waals surface area contributed by atoms with Crippen LogP contribution in [0.5, 0.6) is 5.75 Å². The number of aliphatic hydroxyl groups excluding tert-OH is 1. The lowest BCUT2D eigenvalue weighted by molar-refractivity contribution is -0.129. The third kappa shape index (κ3) is 3.33. The number of guanidine groups is 1. The maximum Gasteiger partial charge on any atom is 0.249 e. The molecule has 3 rings (SSSR count). The Morgan fingerprint density at radius 3 is 2.92 bits per heavy atom. The van der Waals surface area contributed by atoms with Gasteiger partial charge in [0.25, 0.3) is 0 Å². The van der Waals surface area contributed by atoms with Gasteiger partial charge in [0.15, 0.2) is 0 Å². The third-order valence-corrected chi connectivity index (χ3v) is 3.92. The lowest BCUT2D eigenvalue weighted by atomic mass is 10.1. The van der Waals surface area contributed by atoms with Crippen molar-refractivity contribution in [1.82, 2.24) is 9.80 Å². The van der Waals surface area contributed by atoms with Crippen LogP contribution < -0.4 is 10.5 Å². The second kappa shape index (κ2) is 6.88. The summed E-state index contributed by atoms with van der Waals surface area (Å²) < 4.78 is 5.66. The summed E-state index contributed by atoms with van der Waals surface area (Å²) in [5.41, 5.74) is 6.92. The molecule has 0 atom stereocenters. The standard InChI is InChI=1S/C16H20N4O4/c17-14(22)9-20-15(23)10-19-8-11-7-12(24-6-2-1-5-21)3-4-13(11)18-16(19)20/h3-4,7,21H,1-2,5-6,8-10H2,(H2,17,22). The predicted octanol–water partition coefficient (Wildman–Crippen LogP) is -0.0315. The zero-order valence-electron chi connectivity index (χ0n) is 13.3. The predicted molar refractivity (Wildman–Crippen MR) is 86.7 cm³/mol. The molecule has 8 nitrogen and oxygen atoms in total. The fourth-order valence-electron chi connectivity index (χ4n) is 2.78. The molecule has 24 heavy (non-hydrogen) atoms. The zero-order chi connectivity index (χ0) is 17.1. The number of aliphatic hydroxyl groups is 1. The van der Waals surface area contributed by atoms with Gasteiger partial charge in [-0.05, 0) is 31.0 Å². The van der Waals surface area contributed by atoms with Crippen molar-refractivity contribution in [3.8, 4) is 5.75 Å². The van der Waals surface area contributed by atoms with E-state index in [1.807, 2.05) is 23.1 Å². The minimum atomic E-state index is -0.565. The number of rotatable bonds is 7. The summed E-state index contributed by atoms with van der Waals surface area (Å²) in [6, 6.07) is 5.58. The lowest BCUT2D eigenvalue weighted by Crippen LogP contribution is -2.41. The molecule has 1 aromatic carbocycles. The van der Waals surface area contributed by atoms with E-state index in [-0.39, 0.29) is 25.6 Å². The van der Waals surface area contributed by atoms with Crippen molar-refractivity contribution in [2.75, 3.05) is 26.3 Å². The molecular weight excluding hydrogens is 312 g/mol. The van der Waals surface area contributed by atoms with E-state index in [0.717, 1.165) is 23.4 Å². The lowest BCUT2D eigenvalue weighted by Gasteiger charge is -2.26. The van der Waals surface area contributed by atoms with Crippen molar-refractivity contribution >= 4 is 23.5 Å². The first-order chi connectivity index (χ1) is 11.6. The minimum Gasteiger partial charge on any atom is -0.494 e. The van der Waals surface area contributed by atoms with Crippen LogP contribution in [0.3, 0.4) is 0 Å². The second-order valence-corrected chi connectivity index (χ2v) is 5.78. The van der Waals surface area contributed by atoms with Crippen LogP contribution in [0.25, 0.3) is 0 Å². The molecule has 2 amide bonds. The van der Waals surface area contributed by atoms with Crippen LogP contribution in [0.15, 0.2) is 23.2 Å². The van der Waals surface area contributed by atoms with E-state index in [0.29, 0.717) is 25.5 Å². The van der Waals surface area contributed by atoms with Gasteiger partial charge in [0.05, 0.1) is 12.3 Å². The summed E-state index contributed by atoms with van der Waals surface area (Å²) in [5, 5.41) is 8.77. The van der Waals surface area contributed by atoms with E-state index in [4.69, 9.17) is 15.6 Å². The van der Waals surface area contributed by atoms with Gasteiger partial charge in [-0.3, -0.25) is 14.5 Å². The molecule has 2 heterocycles. The van der Waals surface area contributed by atoms with Crippen LogP contribution in [0.4, 0.5) is 5.69 Å². The van der Waals surface area contributed by atoms with E-state index < -0.39 is 5.91 Å². The Kier molecular flexibility index (Phi) is 4.66. The van der Waals surface area contributed by atoms with Crippen molar-refractivity contribution in [2.24, 2.45) is 10.7 Å². The Morgan fingerprint density at radius 2 is 2.17 bits per heavy atom. The fourth-order valence-corrected chi connectivity index (χ4v) is 2.78. The Labute approximate surface area is 139 Å². The summed E-state index contributed by atoms with van der Waals surface area (Å²) in [5.74, 6) is 0.471. The molecule has 0 bridgehead atoms. The number of hydrogen-bond acceptors (Lipinski definition) is 6. The molecule has 0 spiro atoms. The van der Waals surface area contributed by atoms with Gasteiger partial charge < -0.3 is 20.5 Å². The van der Waals surface area contributed by atoms with E-state index >= 15 is 0 Å². The van der Waals surface area contributed by atoms with Crippen molar-refractivity contribution in [3.63, 3.8) is 0 Å². The van der Waals surface area contributed by atoms with Crippen molar-refractivity contribution in [2.45, 2.75) is 19.4 Å². The number of nitrogens with zero attached hydrogens (tertiary/aromatic N) is 3. The Morgan fingerprint density at radius 1 is 1.33 bits per heavy atom. The van der Waals surface area contributed by atoms with Crippen molar-refractivity contribution < 1.29 is 19.4 Å². The number of ether oxygens (including phenoxy) is 1. The smallest absolute Gasteiger partial charge is 0.249 e. The molecule has 8 heteroatoms. The van der Waals surface area contributed by atoms with Gasteiger partial charge in [-0.25, -0.2) is 4.99 Å². The quantitative estimate of drug-likeness (QED) is 0.682. The van der Waals surface area contributed by atoms with Gasteiger partial charge in [0.1, 0.15) is 18.8 Å². The highest BCUT2D eigenvalue weighted by Gasteiger charge is 2.37. The van der Waals surface area contributed by atoms with Crippen LogP contribution in [0.2, 0.25) is 0 Å². The molecule has 3 N–H and O–H groups in total. The molecule has 0 radical (unpaired) electrons. The molecule has 1 saturated heterocycles. The average Bonchev–Trinajstić information content (AvgIpc) is 2.84. The molecule has 2 aliphatic rings. The average molecular weight is 332 g/mol. The Hall–Kier alpha value is -2.61. The van der Waals surface area contributed by atoms with Gasteiger partial charge >= 0.3 is 0 Å². The normalized spacial score (nSPS) is 15.9. The van der Waals surface area contributed by atoms with E-state index in [1.165, 1.54) is 4.90 Å². The molecule has 1 fully saturated rings. The molecule has 128 valence electrons. The van der Waals surface area contributed by atoms with Gasteiger partial charge in [-0.2, -0.15) is 0 Å². The summed E-state index contributed by atoms with van der Waals surface area (Å²) in [6.45, 7) is 1.27. The minimum absolute atomic E-state index is 0.157. The first kappa shape index (κ1) is 16.3. The van der Waals surface area contributed by atoms with E-state index in [9.17, 15) is 9.59 Å². The monoisotopic (exact) mass is 332 g/mol. The maximum atomic E-state index is 12.0. The number of aliphatic imine (C=N–C) groups is 1. The number of nitrogens with two attached hydrogens (primary N) is 1. The summed E-state index contributed by atoms with van der Waals surface area (Å²) in [6.07, 6.45) is 1.50. The Balaban J connectivity index is 1.75. The highest BCUT2D eigenvalue weighted by Crippen LogP contribution is 2.32. The van der Waals surface area contributed by atoms with E-state index in [2.05, 4.69) is 4.99 Å². The number of amides is 2. The van der Waals surface area contributed by atoms with Crippen LogP contribution in [-0.2, 0) is 16.1 Å². The van der Waals surface area contributed by atoms with Crippen molar-refractivity contribution in [1.29, 1.82) is 0 Å². The topological polar surface area (TPSA) is 108 Å². The van der Waals surface area contributed by atoms with Crippen LogP contribution in [0, 0.1) is 0 Å². The molecule has 2 aliphatic heterocycles. The molecule has 1 aromatic rings. The third-order valence-electron chi connectivity index (χ3n) is 3.92. The van der Waals surface area contributed by atoms with Crippen LogP contribution in [-0.4, -0.2) is 59.0 Å². The largest absolute Gasteiger partial charge is 0.494 e. The number of benzene rings is 1. The molecule has 0 unspecified atom stereocenters. The van der Waals surface area contributed by atoms with Crippen molar-refractivity contribution in [3.05, 3.63) is 23.8 Å².